The number of nitrogens with zero attached hydrogens (tertiary/aromatic N) is 2. The van der Waals surface area contributed by atoms with Crippen LogP contribution in [0.4, 0.5) is 10.1 Å². The van der Waals surface area contributed by atoms with Gasteiger partial charge in [0.15, 0.2) is 0 Å². The molecule has 242 valence electrons. The molecule has 0 unspecified atom stereocenters. The quantitative estimate of drug-likeness (QED) is 0.207. The van der Waals surface area contributed by atoms with E-state index in [0.29, 0.717) is 5.75 Å². The summed E-state index contributed by atoms with van der Waals surface area (Å²) in [7, 11) is -2.86. The van der Waals surface area contributed by atoms with Gasteiger partial charge >= 0.3 is 0 Å². The van der Waals surface area contributed by atoms with E-state index in [1.54, 1.807) is 0 Å². The second-order valence-electron chi connectivity index (χ2n) is 12.1. The van der Waals surface area contributed by atoms with Crippen LogP contribution >= 0.6 is 0 Å². The summed E-state index contributed by atoms with van der Waals surface area (Å²) in [6.07, 6.45) is 0.197. The second kappa shape index (κ2) is 14.6. The number of nitrogens with one attached hydrogen (secondary N) is 1. The number of aryl methyl sites for hydroxylation is 1. The number of ether oxygens (including phenoxy) is 1. The van der Waals surface area contributed by atoms with Gasteiger partial charge in [0.05, 0.1) is 17.7 Å². The maximum absolute atomic E-state index is 14.5. The number of halogens is 1. The lowest BCUT2D eigenvalue weighted by molar-refractivity contribution is -0.140. The molecular formula is C36H40FN3O5S. The van der Waals surface area contributed by atoms with E-state index < -0.39 is 39.9 Å². The molecule has 0 aliphatic heterocycles. The molecule has 0 aromatic heterocycles. The number of amides is 2. The Balaban J connectivity index is 1.82. The van der Waals surface area contributed by atoms with Gasteiger partial charge in [0.2, 0.25) is 11.8 Å². The summed E-state index contributed by atoms with van der Waals surface area (Å²) in [5.41, 5.74) is 2.06. The summed E-state index contributed by atoms with van der Waals surface area (Å²) < 4.78 is 48.3. The topological polar surface area (TPSA) is 96.0 Å². The van der Waals surface area contributed by atoms with Crippen LogP contribution in [0.5, 0.6) is 5.75 Å². The van der Waals surface area contributed by atoms with Crippen LogP contribution in [-0.2, 0) is 32.6 Å². The van der Waals surface area contributed by atoms with Gasteiger partial charge < -0.3 is 15.0 Å². The molecule has 4 aromatic rings. The summed E-state index contributed by atoms with van der Waals surface area (Å²) in [5, 5.41) is 3.02. The third-order valence-electron chi connectivity index (χ3n) is 7.41. The summed E-state index contributed by atoms with van der Waals surface area (Å²) in [5.74, 6) is -1.07. The molecule has 4 aromatic carbocycles. The largest absolute Gasteiger partial charge is 0.497 e. The van der Waals surface area contributed by atoms with E-state index in [0.717, 1.165) is 33.1 Å². The Hall–Kier alpha value is -4.70. The van der Waals surface area contributed by atoms with Gasteiger partial charge in [0.1, 0.15) is 24.2 Å². The molecule has 0 spiro atoms. The molecule has 1 atom stereocenters. The zero-order chi connectivity index (χ0) is 33.5. The summed E-state index contributed by atoms with van der Waals surface area (Å²) in [6.45, 7) is 6.90. The average molecular weight is 646 g/mol. The molecule has 0 saturated heterocycles. The van der Waals surface area contributed by atoms with Gasteiger partial charge in [-0.3, -0.25) is 13.9 Å². The van der Waals surface area contributed by atoms with E-state index in [2.05, 4.69) is 5.32 Å². The van der Waals surface area contributed by atoms with Crippen molar-refractivity contribution in [2.75, 3.05) is 18.0 Å². The zero-order valence-electron chi connectivity index (χ0n) is 26.7. The fraction of sp³-hybridized carbons (Fsp3) is 0.278. The van der Waals surface area contributed by atoms with E-state index in [9.17, 15) is 22.4 Å². The van der Waals surface area contributed by atoms with Crippen LogP contribution in [0.2, 0.25) is 0 Å². The van der Waals surface area contributed by atoms with E-state index in [1.165, 1.54) is 48.4 Å². The summed E-state index contributed by atoms with van der Waals surface area (Å²) >= 11 is 0. The highest BCUT2D eigenvalue weighted by atomic mass is 32.2. The van der Waals surface area contributed by atoms with Gasteiger partial charge in [-0.2, -0.15) is 0 Å². The smallest absolute Gasteiger partial charge is 0.264 e. The SMILES string of the molecule is COc1ccc(S(=O)(=O)N(CC(=O)N(Cc2ccccc2C)[C@H](Cc2ccccc2)C(=O)NC(C)(C)C)c2ccc(F)cc2)cc1. The molecule has 4 rings (SSSR count). The maximum atomic E-state index is 14.5. The third kappa shape index (κ3) is 8.72. The molecule has 2 amide bonds. The minimum absolute atomic E-state index is 0.0560. The maximum Gasteiger partial charge on any atom is 0.264 e. The van der Waals surface area contributed by atoms with Gasteiger partial charge in [-0.05, 0) is 92.9 Å². The first-order valence-electron chi connectivity index (χ1n) is 14.9. The van der Waals surface area contributed by atoms with Crippen LogP contribution in [0.25, 0.3) is 0 Å². The van der Waals surface area contributed by atoms with Crippen LogP contribution in [0.1, 0.15) is 37.5 Å². The molecule has 0 saturated carbocycles. The van der Waals surface area contributed by atoms with Crippen molar-refractivity contribution >= 4 is 27.5 Å². The van der Waals surface area contributed by atoms with E-state index >= 15 is 0 Å². The van der Waals surface area contributed by atoms with Crippen molar-refractivity contribution in [1.82, 2.24) is 10.2 Å². The normalized spacial score (nSPS) is 12.2. The predicted molar refractivity (Wildman–Crippen MR) is 177 cm³/mol. The fourth-order valence-corrected chi connectivity index (χ4v) is 6.40. The lowest BCUT2D eigenvalue weighted by Gasteiger charge is -2.35. The van der Waals surface area contributed by atoms with Crippen LogP contribution in [0.15, 0.2) is 108 Å². The number of rotatable bonds is 12. The van der Waals surface area contributed by atoms with Crippen molar-refractivity contribution in [2.45, 2.75) is 57.1 Å². The minimum Gasteiger partial charge on any atom is -0.497 e. The molecule has 0 aliphatic rings. The molecule has 0 fully saturated rings. The molecule has 10 heteroatoms. The van der Waals surface area contributed by atoms with Crippen molar-refractivity contribution in [1.29, 1.82) is 0 Å². The van der Waals surface area contributed by atoms with E-state index in [4.69, 9.17) is 4.74 Å². The van der Waals surface area contributed by atoms with Crippen molar-refractivity contribution < 1.29 is 27.1 Å². The number of carbonyl (C=O) groups is 2. The first-order valence-corrected chi connectivity index (χ1v) is 16.3. The Morgan fingerprint density at radius 1 is 0.870 bits per heavy atom. The molecular weight excluding hydrogens is 605 g/mol. The van der Waals surface area contributed by atoms with Crippen LogP contribution in [0.3, 0.4) is 0 Å². The molecule has 1 N–H and O–H groups in total. The van der Waals surface area contributed by atoms with Crippen molar-refractivity contribution in [2.24, 2.45) is 0 Å². The number of hydrogen-bond donors (Lipinski definition) is 1. The highest BCUT2D eigenvalue weighted by molar-refractivity contribution is 7.92. The standard InChI is InChI=1S/C36H40FN3O5S/c1-26-11-9-10-14-28(26)24-39(33(35(42)38-36(2,3)4)23-27-12-7-6-8-13-27)34(41)25-40(30-17-15-29(37)16-18-30)46(43,44)32-21-19-31(45-5)20-22-32/h6-22,33H,23-25H2,1-5H3,(H,38,42)/t33-/m1/s1. The molecule has 0 heterocycles. The van der Waals surface area contributed by atoms with E-state index in [1.807, 2.05) is 82.3 Å². The Bertz CT molecular complexity index is 1740. The monoisotopic (exact) mass is 645 g/mol. The highest BCUT2D eigenvalue weighted by Crippen LogP contribution is 2.27. The Morgan fingerprint density at radius 3 is 2.07 bits per heavy atom. The Kier molecular flexibility index (Phi) is 10.8. The lowest BCUT2D eigenvalue weighted by atomic mass is 10.00. The third-order valence-corrected chi connectivity index (χ3v) is 9.20. The number of carbonyl (C=O) groups excluding carboxylic acids is 2. The van der Waals surface area contributed by atoms with Crippen molar-refractivity contribution in [3.63, 3.8) is 0 Å². The van der Waals surface area contributed by atoms with Crippen LogP contribution in [0, 0.1) is 12.7 Å². The second-order valence-corrected chi connectivity index (χ2v) is 13.9. The number of methoxy groups -OCH3 is 1. The van der Waals surface area contributed by atoms with Crippen LogP contribution < -0.4 is 14.4 Å². The number of sulfonamides is 1. The molecule has 0 bridgehead atoms. The van der Waals surface area contributed by atoms with Gasteiger partial charge in [0.25, 0.3) is 10.0 Å². The van der Waals surface area contributed by atoms with Gasteiger partial charge in [-0.25, -0.2) is 12.8 Å². The van der Waals surface area contributed by atoms with Crippen molar-refractivity contribution in [3.8, 4) is 5.75 Å². The minimum atomic E-state index is -4.33. The predicted octanol–water partition coefficient (Wildman–Crippen LogP) is 5.89. The zero-order valence-corrected chi connectivity index (χ0v) is 27.6. The fourth-order valence-electron chi connectivity index (χ4n) is 4.99. The van der Waals surface area contributed by atoms with Crippen molar-refractivity contribution in [3.05, 3.63) is 126 Å². The van der Waals surface area contributed by atoms with Crippen LogP contribution in [-0.4, -0.2) is 50.4 Å². The number of anilines is 1. The lowest BCUT2D eigenvalue weighted by Crippen LogP contribution is -2.56. The first kappa shape index (κ1) is 34.2. The Morgan fingerprint density at radius 2 is 1.48 bits per heavy atom. The number of hydrogen-bond acceptors (Lipinski definition) is 5. The molecule has 46 heavy (non-hydrogen) atoms. The van der Waals surface area contributed by atoms with E-state index in [-0.39, 0.29) is 29.5 Å². The summed E-state index contributed by atoms with van der Waals surface area (Å²) in [4.78, 5) is 29.9. The molecule has 0 radical (unpaired) electrons. The summed E-state index contributed by atoms with van der Waals surface area (Å²) in [6, 6.07) is 26.6. The highest BCUT2D eigenvalue weighted by Gasteiger charge is 2.35. The van der Waals surface area contributed by atoms with Gasteiger partial charge in [-0.1, -0.05) is 54.6 Å². The van der Waals surface area contributed by atoms with Gasteiger partial charge in [0, 0.05) is 18.5 Å². The Labute approximate surface area is 270 Å². The molecule has 8 nitrogen and oxygen atoms in total. The number of benzene rings is 4. The van der Waals surface area contributed by atoms with Gasteiger partial charge in [-0.15, -0.1) is 0 Å². The first-order chi connectivity index (χ1) is 21.8. The average Bonchev–Trinajstić information content (AvgIpc) is 3.02. The molecule has 0 aliphatic carbocycles.